The Labute approximate surface area is 114 Å². The van der Waals surface area contributed by atoms with E-state index in [4.69, 9.17) is 0 Å². The van der Waals surface area contributed by atoms with Crippen molar-refractivity contribution in [2.45, 2.75) is 46.5 Å². The Morgan fingerprint density at radius 1 is 1.21 bits per heavy atom. The Balaban J connectivity index is 1.87. The molecular formula is C15H21N3O. The van der Waals surface area contributed by atoms with Crippen LogP contribution in [0.5, 0.6) is 0 Å². The number of hydrogen-bond acceptors (Lipinski definition) is 3. The second-order valence-corrected chi connectivity index (χ2v) is 6.02. The third-order valence-corrected chi connectivity index (χ3v) is 4.53. The highest BCUT2D eigenvalue weighted by atomic mass is 16.2. The zero-order chi connectivity index (χ0) is 13.6. The van der Waals surface area contributed by atoms with Crippen LogP contribution in [0.2, 0.25) is 0 Å². The minimum atomic E-state index is 0.126. The maximum atomic E-state index is 12.6. The van der Waals surface area contributed by atoms with Gasteiger partial charge in [0.25, 0.3) is 5.91 Å². The molecule has 0 aromatic carbocycles. The van der Waals surface area contributed by atoms with E-state index in [2.05, 4.69) is 9.97 Å². The standard InChI is InChI=1S/C15H21N3O/c1-4-12-16-10(2)13(11(3)17-12)14(19)18-8-7-15(9-18)5-6-15/h4-9H2,1-3H3. The average molecular weight is 259 g/mol. The summed E-state index contributed by atoms with van der Waals surface area (Å²) in [7, 11) is 0. The number of carbonyl (C=O) groups excluding carboxylic acids is 1. The lowest BCUT2D eigenvalue weighted by atomic mass is 10.1. The number of amides is 1. The number of aromatic nitrogens is 2. The monoisotopic (exact) mass is 259 g/mol. The van der Waals surface area contributed by atoms with Crippen molar-refractivity contribution in [3.05, 3.63) is 22.8 Å². The molecule has 2 heterocycles. The van der Waals surface area contributed by atoms with E-state index in [1.807, 2.05) is 25.7 Å². The molecule has 0 atom stereocenters. The smallest absolute Gasteiger partial charge is 0.257 e. The summed E-state index contributed by atoms with van der Waals surface area (Å²) in [6.07, 6.45) is 4.56. The molecule has 1 aliphatic carbocycles. The Hall–Kier alpha value is -1.45. The van der Waals surface area contributed by atoms with Gasteiger partial charge < -0.3 is 4.90 Å². The van der Waals surface area contributed by atoms with Gasteiger partial charge in [0.1, 0.15) is 5.82 Å². The normalized spacial score (nSPS) is 20.1. The fraction of sp³-hybridized carbons (Fsp3) is 0.667. The van der Waals surface area contributed by atoms with Crippen LogP contribution in [-0.4, -0.2) is 33.9 Å². The first-order valence-corrected chi connectivity index (χ1v) is 7.18. The van der Waals surface area contributed by atoms with Crippen LogP contribution in [-0.2, 0) is 6.42 Å². The minimum Gasteiger partial charge on any atom is -0.338 e. The van der Waals surface area contributed by atoms with Crippen molar-refractivity contribution in [1.82, 2.24) is 14.9 Å². The molecule has 2 aliphatic rings. The Morgan fingerprint density at radius 3 is 2.32 bits per heavy atom. The van der Waals surface area contributed by atoms with Crippen LogP contribution in [0, 0.1) is 19.3 Å². The number of nitrogens with zero attached hydrogens (tertiary/aromatic N) is 3. The van der Waals surface area contributed by atoms with E-state index in [1.54, 1.807) is 0 Å². The second-order valence-electron chi connectivity index (χ2n) is 6.02. The molecule has 2 fully saturated rings. The fourth-order valence-electron chi connectivity index (χ4n) is 3.10. The van der Waals surface area contributed by atoms with Crippen molar-refractivity contribution in [2.24, 2.45) is 5.41 Å². The molecule has 1 aromatic heterocycles. The summed E-state index contributed by atoms with van der Waals surface area (Å²) in [5.41, 5.74) is 2.84. The van der Waals surface area contributed by atoms with E-state index >= 15 is 0 Å². The van der Waals surface area contributed by atoms with Gasteiger partial charge in [-0.2, -0.15) is 0 Å². The molecule has 4 heteroatoms. The van der Waals surface area contributed by atoms with E-state index in [0.29, 0.717) is 5.41 Å². The van der Waals surface area contributed by atoms with Gasteiger partial charge in [-0.1, -0.05) is 6.92 Å². The van der Waals surface area contributed by atoms with Gasteiger partial charge in [-0.05, 0) is 38.5 Å². The van der Waals surface area contributed by atoms with Crippen LogP contribution in [0.15, 0.2) is 0 Å². The highest BCUT2D eigenvalue weighted by molar-refractivity contribution is 5.96. The van der Waals surface area contributed by atoms with Gasteiger partial charge in [0.2, 0.25) is 0 Å². The number of rotatable bonds is 2. The molecule has 4 nitrogen and oxygen atoms in total. The SMILES string of the molecule is CCc1nc(C)c(C(=O)N2CCC3(CC3)C2)c(C)n1. The molecule has 1 aromatic rings. The van der Waals surface area contributed by atoms with Crippen molar-refractivity contribution in [2.75, 3.05) is 13.1 Å². The van der Waals surface area contributed by atoms with Gasteiger partial charge in [-0.3, -0.25) is 4.79 Å². The average Bonchev–Trinajstić information content (AvgIpc) is 2.98. The van der Waals surface area contributed by atoms with Gasteiger partial charge in [-0.15, -0.1) is 0 Å². The van der Waals surface area contributed by atoms with Crippen molar-refractivity contribution < 1.29 is 4.79 Å². The maximum absolute atomic E-state index is 12.6. The summed E-state index contributed by atoms with van der Waals surface area (Å²) in [4.78, 5) is 23.5. The summed E-state index contributed by atoms with van der Waals surface area (Å²) >= 11 is 0. The minimum absolute atomic E-state index is 0.126. The lowest BCUT2D eigenvalue weighted by Gasteiger charge is -2.18. The third-order valence-electron chi connectivity index (χ3n) is 4.53. The highest BCUT2D eigenvalue weighted by Gasteiger charge is 2.49. The van der Waals surface area contributed by atoms with E-state index < -0.39 is 0 Å². The first kappa shape index (κ1) is 12.6. The molecule has 19 heavy (non-hydrogen) atoms. The summed E-state index contributed by atoms with van der Waals surface area (Å²) in [6.45, 7) is 7.70. The molecule has 1 saturated carbocycles. The molecule has 1 amide bonds. The van der Waals surface area contributed by atoms with E-state index in [0.717, 1.165) is 42.3 Å². The van der Waals surface area contributed by atoms with Crippen LogP contribution in [0.4, 0.5) is 0 Å². The van der Waals surface area contributed by atoms with Crippen molar-refractivity contribution in [1.29, 1.82) is 0 Å². The molecule has 0 bridgehead atoms. The topological polar surface area (TPSA) is 46.1 Å². The van der Waals surface area contributed by atoms with Crippen LogP contribution in [0.1, 0.15) is 53.8 Å². The molecule has 1 aliphatic heterocycles. The van der Waals surface area contributed by atoms with Gasteiger partial charge in [0.15, 0.2) is 0 Å². The van der Waals surface area contributed by atoms with Crippen LogP contribution >= 0.6 is 0 Å². The predicted molar refractivity (Wildman–Crippen MR) is 73.1 cm³/mol. The van der Waals surface area contributed by atoms with Crippen molar-refractivity contribution >= 4 is 5.91 Å². The van der Waals surface area contributed by atoms with E-state index in [1.165, 1.54) is 19.3 Å². The Morgan fingerprint density at radius 2 is 1.84 bits per heavy atom. The number of aryl methyl sites for hydroxylation is 3. The zero-order valence-corrected chi connectivity index (χ0v) is 12.0. The lowest BCUT2D eigenvalue weighted by Crippen LogP contribution is -2.31. The van der Waals surface area contributed by atoms with Crippen molar-refractivity contribution in [3.8, 4) is 0 Å². The predicted octanol–water partition coefficient (Wildman–Crippen LogP) is 2.28. The molecule has 0 radical (unpaired) electrons. The van der Waals surface area contributed by atoms with Crippen LogP contribution in [0.3, 0.4) is 0 Å². The Kier molecular flexibility index (Phi) is 2.84. The molecule has 0 N–H and O–H groups in total. The van der Waals surface area contributed by atoms with E-state index in [-0.39, 0.29) is 5.91 Å². The number of hydrogen-bond donors (Lipinski definition) is 0. The molecule has 3 rings (SSSR count). The highest BCUT2D eigenvalue weighted by Crippen LogP contribution is 2.52. The van der Waals surface area contributed by atoms with Crippen molar-refractivity contribution in [3.63, 3.8) is 0 Å². The van der Waals surface area contributed by atoms with Gasteiger partial charge in [0.05, 0.1) is 17.0 Å². The summed E-state index contributed by atoms with van der Waals surface area (Å²) in [5.74, 6) is 0.952. The van der Waals surface area contributed by atoms with Gasteiger partial charge >= 0.3 is 0 Å². The fourth-order valence-corrected chi connectivity index (χ4v) is 3.10. The maximum Gasteiger partial charge on any atom is 0.257 e. The molecule has 1 saturated heterocycles. The summed E-state index contributed by atoms with van der Waals surface area (Å²) in [6, 6.07) is 0. The first-order chi connectivity index (χ1) is 9.04. The van der Waals surface area contributed by atoms with Gasteiger partial charge in [0, 0.05) is 19.5 Å². The zero-order valence-electron chi connectivity index (χ0n) is 12.0. The number of likely N-dealkylation sites (tertiary alicyclic amines) is 1. The van der Waals surface area contributed by atoms with Gasteiger partial charge in [-0.25, -0.2) is 9.97 Å². The van der Waals surface area contributed by atoms with Crippen LogP contribution in [0.25, 0.3) is 0 Å². The quantitative estimate of drug-likeness (QED) is 0.818. The van der Waals surface area contributed by atoms with Crippen LogP contribution < -0.4 is 0 Å². The lowest BCUT2D eigenvalue weighted by molar-refractivity contribution is 0.0782. The largest absolute Gasteiger partial charge is 0.338 e. The summed E-state index contributed by atoms with van der Waals surface area (Å²) < 4.78 is 0. The summed E-state index contributed by atoms with van der Waals surface area (Å²) in [5, 5.41) is 0. The van der Waals surface area contributed by atoms with E-state index in [9.17, 15) is 4.79 Å². The molecular weight excluding hydrogens is 238 g/mol. The number of carbonyl (C=O) groups is 1. The third kappa shape index (κ3) is 2.13. The molecule has 1 spiro atoms. The molecule has 102 valence electrons. The first-order valence-electron chi connectivity index (χ1n) is 7.18. The molecule has 0 unspecified atom stereocenters. The second kappa shape index (κ2) is 4.29. The Bertz CT molecular complexity index is 511.